The number of ether oxygens (including phenoxy) is 1. The highest BCUT2D eigenvalue weighted by Crippen LogP contribution is 2.33. The molecule has 2 saturated heterocycles. The Bertz CT molecular complexity index is 960. The van der Waals surface area contributed by atoms with Gasteiger partial charge in [0.05, 0.1) is 18.1 Å². The van der Waals surface area contributed by atoms with E-state index in [1.165, 1.54) is 16.7 Å². The normalized spacial score (nSPS) is 19.5. The summed E-state index contributed by atoms with van der Waals surface area (Å²) >= 11 is 6.51. The van der Waals surface area contributed by atoms with E-state index < -0.39 is 0 Å². The number of para-hydroxylation sites is 1. The Morgan fingerprint density at radius 2 is 2.04 bits per heavy atom. The maximum atomic E-state index is 12.7. The summed E-state index contributed by atoms with van der Waals surface area (Å²) in [6, 6.07) is 7.90. The van der Waals surface area contributed by atoms with Gasteiger partial charge in [-0.05, 0) is 12.1 Å². The van der Waals surface area contributed by atoms with Crippen molar-refractivity contribution in [3.8, 4) is 0 Å². The molecule has 27 heavy (non-hydrogen) atoms. The van der Waals surface area contributed by atoms with E-state index in [-0.39, 0.29) is 18.4 Å². The van der Waals surface area contributed by atoms with Crippen LogP contribution in [0.1, 0.15) is 5.56 Å². The minimum atomic E-state index is -0.0915. The molecule has 1 aromatic carbocycles. The third-order valence-electron chi connectivity index (χ3n) is 4.76. The lowest BCUT2D eigenvalue weighted by Gasteiger charge is -2.27. The maximum absolute atomic E-state index is 12.7. The molecule has 8 heteroatoms. The van der Waals surface area contributed by atoms with Crippen LogP contribution in [-0.2, 0) is 20.9 Å². The van der Waals surface area contributed by atoms with Crippen LogP contribution in [0.15, 0.2) is 35.4 Å². The second kappa shape index (κ2) is 7.46. The number of carbonyl (C=O) groups excluding carboxylic acids is 2. The van der Waals surface area contributed by atoms with Gasteiger partial charge in [0.15, 0.2) is 0 Å². The number of morpholine rings is 1. The molecule has 0 N–H and O–H groups in total. The van der Waals surface area contributed by atoms with Crippen molar-refractivity contribution in [2.24, 2.45) is 0 Å². The molecule has 2 aromatic rings. The van der Waals surface area contributed by atoms with Crippen molar-refractivity contribution in [2.45, 2.75) is 6.54 Å². The average molecular weight is 402 g/mol. The summed E-state index contributed by atoms with van der Waals surface area (Å²) in [6.45, 7) is 2.70. The number of benzene rings is 1. The first-order valence-corrected chi connectivity index (χ1v) is 9.92. The number of thiocarbonyl (C=S) groups is 1. The molecular weight excluding hydrogens is 382 g/mol. The van der Waals surface area contributed by atoms with Crippen molar-refractivity contribution in [1.82, 2.24) is 14.4 Å². The minimum absolute atomic E-state index is 0.0745. The summed E-state index contributed by atoms with van der Waals surface area (Å²) in [5.41, 5.74) is 1.88. The smallest absolute Gasteiger partial charge is 0.265 e. The first-order chi connectivity index (χ1) is 13.0. The molecule has 0 aliphatic carbocycles. The summed E-state index contributed by atoms with van der Waals surface area (Å²) in [5.74, 6) is -0.0169. The van der Waals surface area contributed by atoms with Crippen LogP contribution < -0.4 is 0 Å². The number of amides is 2. The van der Waals surface area contributed by atoms with E-state index in [4.69, 9.17) is 17.0 Å². The Morgan fingerprint density at radius 3 is 2.74 bits per heavy atom. The Morgan fingerprint density at radius 1 is 1.30 bits per heavy atom. The lowest BCUT2D eigenvalue weighted by Crippen LogP contribution is -2.42. The van der Waals surface area contributed by atoms with E-state index >= 15 is 0 Å². The quantitative estimate of drug-likeness (QED) is 0.584. The SMILES string of the molecule is CN1C(=O)/C(=C/c2cn(CC(=O)N3CCOCC3)c3ccccc23)SC1=S. The molecule has 0 radical (unpaired) electrons. The van der Waals surface area contributed by atoms with Crippen molar-refractivity contribution in [1.29, 1.82) is 0 Å². The largest absolute Gasteiger partial charge is 0.378 e. The predicted octanol–water partition coefficient (Wildman–Crippen LogP) is 2.33. The summed E-state index contributed by atoms with van der Waals surface area (Å²) in [7, 11) is 1.68. The van der Waals surface area contributed by atoms with E-state index in [0.29, 0.717) is 35.5 Å². The first kappa shape index (κ1) is 18.2. The van der Waals surface area contributed by atoms with Crippen LogP contribution in [0.25, 0.3) is 17.0 Å². The molecule has 0 spiro atoms. The third-order valence-corrected chi connectivity index (χ3v) is 6.25. The summed E-state index contributed by atoms with van der Waals surface area (Å²) in [5, 5.41) is 1.01. The third kappa shape index (κ3) is 3.52. The maximum Gasteiger partial charge on any atom is 0.265 e. The van der Waals surface area contributed by atoms with Gasteiger partial charge in [-0.25, -0.2) is 0 Å². The molecule has 0 saturated carbocycles. The van der Waals surface area contributed by atoms with Gasteiger partial charge in [-0.3, -0.25) is 14.5 Å². The van der Waals surface area contributed by atoms with E-state index in [1.54, 1.807) is 7.05 Å². The zero-order valence-corrected chi connectivity index (χ0v) is 16.5. The molecule has 2 amide bonds. The molecule has 2 aliphatic rings. The lowest BCUT2D eigenvalue weighted by atomic mass is 10.1. The fraction of sp³-hybridized carbons (Fsp3) is 0.316. The monoisotopic (exact) mass is 401 g/mol. The topological polar surface area (TPSA) is 54.8 Å². The molecule has 0 bridgehead atoms. The van der Waals surface area contributed by atoms with Gasteiger partial charge in [-0.1, -0.05) is 42.2 Å². The van der Waals surface area contributed by atoms with Crippen LogP contribution in [0, 0.1) is 0 Å². The Balaban J connectivity index is 1.66. The number of thioether (sulfide) groups is 1. The number of likely N-dealkylation sites (N-methyl/N-ethyl adjacent to an activating group) is 1. The van der Waals surface area contributed by atoms with Crippen molar-refractivity contribution in [3.63, 3.8) is 0 Å². The van der Waals surface area contributed by atoms with E-state index in [0.717, 1.165) is 16.5 Å². The summed E-state index contributed by atoms with van der Waals surface area (Å²) in [6.07, 6.45) is 3.80. The van der Waals surface area contributed by atoms with Crippen molar-refractivity contribution < 1.29 is 14.3 Å². The molecule has 0 atom stereocenters. The number of rotatable bonds is 3. The van der Waals surface area contributed by atoms with Crippen molar-refractivity contribution in [3.05, 3.63) is 40.9 Å². The van der Waals surface area contributed by atoms with Crippen molar-refractivity contribution in [2.75, 3.05) is 33.4 Å². The highest BCUT2D eigenvalue weighted by molar-refractivity contribution is 8.26. The average Bonchev–Trinajstić information content (AvgIpc) is 3.15. The zero-order valence-electron chi connectivity index (χ0n) is 14.9. The lowest BCUT2D eigenvalue weighted by molar-refractivity contribution is -0.135. The Labute approximate surface area is 166 Å². The van der Waals surface area contributed by atoms with Crippen LogP contribution in [0.4, 0.5) is 0 Å². The van der Waals surface area contributed by atoms with Gasteiger partial charge in [-0.2, -0.15) is 0 Å². The highest BCUT2D eigenvalue weighted by Gasteiger charge is 2.29. The molecule has 140 valence electrons. The van der Waals surface area contributed by atoms with E-state index in [2.05, 4.69) is 0 Å². The number of carbonyl (C=O) groups is 2. The summed E-state index contributed by atoms with van der Waals surface area (Å²) in [4.78, 5) is 28.9. The minimum Gasteiger partial charge on any atom is -0.378 e. The number of hydrogen-bond acceptors (Lipinski definition) is 5. The molecule has 4 rings (SSSR count). The van der Waals surface area contributed by atoms with Gasteiger partial charge < -0.3 is 14.2 Å². The van der Waals surface area contributed by atoms with Gasteiger partial charge in [0.25, 0.3) is 5.91 Å². The van der Waals surface area contributed by atoms with E-state index in [9.17, 15) is 9.59 Å². The van der Waals surface area contributed by atoms with Crippen LogP contribution in [-0.4, -0.2) is 63.9 Å². The number of nitrogens with zero attached hydrogens (tertiary/aromatic N) is 3. The predicted molar refractivity (Wildman–Crippen MR) is 110 cm³/mol. The molecule has 3 heterocycles. The van der Waals surface area contributed by atoms with E-state index in [1.807, 2.05) is 46.0 Å². The summed E-state index contributed by atoms with van der Waals surface area (Å²) < 4.78 is 7.82. The standard InChI is InChI=1S/C19H19N3O3S2/c1-20-18(24)16(27-19(20)26)10-13-11-22(15-5-3-2-4-14(13)15)12-17(23)21-6-8-25-9-7-21/h2-5,10-11H,6-9,12H2,1H3/b16-10-. The molecule has 2 fully saturated rings. The first-order valence-electron chi connectivity index (χ1n) is 8.69. The van der Waals surface area contributed by atoms with Gasteiger partial charge in [0, 0.05) is 42.8 Å². The number of hydrogen-bond donors (Lipinski definition) is 0. The highest BCUT2D eigenvalue weighted by atomic mass is 32.2. The number of fused-ring (bicyclic) bond motifs is 1. The van der Waals surface area contributed by atoms with Gasteiger partial charge >= 0.3 is 0 Å². The van der Waals surface area contributed by atoms with Gasteiger partial charge in [0.2, 0.25) is 5.91 Å². The molecule has 1 aromatic heterocycles. The molecule has 0 unspecified atom stereocenters. The Kier molecular flexibility index (Phi) is 5.03. The fourth-order valence-corrected chi connectivity index (χ4v) is 4.44. The fourth-order valence-electron chi connectivity index (χ4n) is 3.27. The zero-order chi connectivity index (χ0) is 19.0. The van der Waals surface area contributed by atoms with Crippen molar-refractivity contribution >= 4 is 57.1 Å². The number of aromatic nitrogens is 1. The van der Waals surface area contributed by atoms with Gasteiger partial charge in [-0.15, -0.1) is 0 Å². The van der Waals surface area contributed by atoms with Crippen LogP contribution in [0.5, 0.6) is 0 Å². The van der Waals surface area contributed by atoms with Crippen LogP contribution in [0.3, 0.4) is 0 Å². The molecule has 6 nitrogen and oxygen atoms in total. The second-order valence-electron chi connectivity index (χ2n) is 6.46. The second-order valence-corrected chi connectivity index (χ2v) is 8.14. The van der Waals surface area contributed by atoms with Crippen LogP contribution >= 0.6 is 24.0 Å². The van der Waals surface area contributed by atoms with Gasteiger partial charge in [0.1, 0.15) is 10.9 Å². The Hall–Kier alpha value is -2.16. The molecule has 2 aliphatic heterocycles. The van der Waals surface area contributed by atoms with Crippen LogP contribution in [0.2, 0.25) is 0 Å². The molecular formula is C19H19N3O3S2.